The summed E-state index contributed by atoms with van der Waals surface area (Å²) in [7, 11) is 1.90. The van der Waals surface area contributed by atoms with E-state index in [1.54, 1.807) is 4.68 Å². The molecule has 1 aliphatic heterocycles. The third-order valence-corrected chi connectivity index (χ3v) is 5.57. The number of aryl methyl sites for hydroxylation is 2. The van der Waals surface area contributed by atoms with Crippen LogP contribution in [0, 0.1) is 0 Å². The molecule has 0 spiro atoms. The molecule has 0 aromatic carbocycles. The van der Waals surface area contributed by atoms with Crippen molar-refractivity contribution in [3.05, 3.63) is 34.6 Å². The first kappa shape index (κ1) is 16.1. The fourth-order valence-electron chi connectivity index (χ4n) is 3.41. The number of amides is 1. The summed E-state index contributed by atoms with van der Waals surface area (Å²) in [6, 6.07) is 4.13. The molecule has 0 saturated carbocycles. The normalized spacial score (nSPS) is 18.0. The fraction of sp³-hybridized carbons (Fsp3) is 0.471. The van der Waals surface area contributed by atoms with E-state index in [1.165, 1.54) is 11.5 Å². The van der Waals surface area contributed by atoms with Crippen molar-refractivity contribution in [2.45, 2.75) is 32.1 Å². The molecule has 0 N–H and O–H groups in total. The quantitative estimate of drug-likeness (QED) is 0.720. The van der Waals surface area contributed by atoms with Crippen LogP contribution in [0.4, 0.5) is 0 Å². The second-order valence-corrected chi connectivity index (χ2v) is 7.16. The van der Waals surface area contributed by atoms with Gasteiger partial charge in [0.15, 0.2) is 5.65 Å². The van der Waals surface area contributed by atoms with Gasteiger partial charge >= 0.3 is 0 Å². The van der Waals surface area contributed by atoms with Crippen molar-refractivity contribution in [3.8, 4) is 0 Å². The summed E-state index contributed by atoms with van der Waals surface area (Å²) in [6.45, 7) is 3.47. The molecular formula is C17H20N6OS. The minimum Gasteiger partial charge on any atom is -0.337 e. The largest absolute Gasteiger partial charge is 0.337 e. The summed E-state index contributed by atoms with van der Waals surface area (Å²) in [5.74, 6) is 0.307. The van der Waals surface area contributed by atoms with E-state index in [0.717, 1.165) is 48.2 Å². The third kappa shape index (κ3) is 2.90. The summed E-state index contributed by atoms with van der Waals surface area (Å²) in [6.07, 6.45) is 4.58. The lowest BCUT2D eigenvalue weighted by Gasteiger charge is -2.32. The van der Waals surface area contributed by atoms with Gasteiger partial charge in [0.2, 0.25) is 0 Å². The van der Waals surface area contributed by atoms with Crippen LogP contribution in [-0.4, -0.2) is 48.2 Å². The maximum Gasteiger partial charge on any atom is 0.267 e. The number of hydrogen-bond acceptors (Lipinski definition) is 6. The molecule has 4 heterocycles. The second-order valence-electron chi connectivity index (χ2n) is 6.41. The number of nitrogens with zero attached hydrogens (tertiary/aromatic N) is 6. The number of likely N-dealkylation sites (tertiary alicyclic amines) is 1. The Kier molecular flexibility index (Phi) is 4.20. The highest BCUT2D eigenvalue weighted by Crippen LogP contribution is 2.28. The molecule has 0 aliphatic carbocycles. The third-order valence-electron chi connectivity index (χ3n) is 4.82. The highest BCUT2D eigenvalue weighted by molar-refractivity contribution is 7.08. The van der Waals surface area contributed by atoms with Crippen molar-refractivity contribution in [1.29, 1.82) is 0 Å². The zero-order valence-electron chi connectivity index (χ0n) is 14.3. The van der Waals surface area contributed by atoms with E-state index in [0.29, 0.717) is 11.4 Å². The molecule has 3 aromatic rings. The summed E-state index contributed by atoms with van der Waals surface area (Å²) in [4.78, 5) is 20.3. The van der Waals surface area contributed by atoms with Crippen LogP contribution >= 0.6 is 11.5 Å². The lowest BCUT2D eigenvalue weighted by atomic mass is 9.94. The lowest BCUT2D eigenvalue weighted by Crippen LogP contribution is -2.39. The Bertz CT molecular complexity index is 917. The molecule has 1 fully saturated rings. The molecule has 7 nitrogen and oxygen atoms in total. The Morgan fingerprint density at radius 3 is 3.12 bits per heavy atom. The van der Waals surface area contributed by atoms with Crippen LogP contribution in [0.2, 0.25) is 0 Å². The van der Waals surface area contributed by atoms with Crippen molar-refractivity contribution >= 4 is 28.5 Å². The molecule has 0 radical (unpaired) electrons. The Morgan fingerprint density at radius 1 is 1.40 bits per heavy atom. The van der Waals surface area contributed by atoms with Crippen molar-refractivity contribution in [2.24, 2.45) is 7.05 Å². The van der Waals surface area contributed by atoms with Crippen LogP contribution in [-0.2, 0) is 13.5 Å². The lowest BCUT2D eigenvalue weighted by molar-refractivity contribution is 0.0709. The SMILES string of the molecule is CCc1nnsc1C(=O)N1CCC[C@H](c2ccc3cnn(C)c3n2)C1. The maximum atomic E-state index is 12.9. The van der Waals surface area contributed by atoms with Crippen LogP contribution < -0.4 is 0 Å². The highest BCUT2D eigenvalue weighted by atomic mass is 32.1. The average molecular weight is 356 g/mol. The molecule has 0 unspecified atom stereocenters. The minimum absolute atomic E-state index is 0.0539. The van der Waals surface area contributed by atoms with Gasteiger partial charge in [-0.25, -0.2) is 4.98 Å². The number of carbonyl (C=O) groups excluding carboxylic acids is 1. The van der Waals surface area contributed by atoms with Crippen molar-refractivity contribution in [3.63, 3.8) is 0 Å². The average Bonchev–Trinajstić information content (AvgIpc) is 3.28. The summed E-state index contributed by atoms with van der Waals surface area (Å²) in [5, 5.41) is 9.36. The van der Waals surface area contributed by atoms with Crippen LogP contribution in [0.25, 0.3) is 11.0 Å². The van der Waals surface area contributed by atoms with Gasteiger partial charge in [0.25, 0.3) is 5.91 Å². The molecule has 8 heteroatoms. The van der Waals surface area contributed by atoms with E-state index in [2.05, 4.69) is 26.8 Å². The van der Waals surface area contributed by atoms with Gasteiger partial charge in [-0.15, -0.1) is 5.10 Å². The predicted molar refractivity (Wildman–Crippen MR) is 95.7 cm³/mol. The smallest absolute Gasteiger partial charge is 0.267 e. The number of piperidine rings is 1. The Labute approximate surface area is 149 Å². The van der Waals surface area contributed by atoms with Crippen LogP contribution in [0.1, 0.15) is 46.7 Å². The predicted octanol–water partition coefficient (Wildman–Crippen LogP) is 2.40. The molecule has 4 rings (SSSR count). The molecule has 25 heavy (non-hydrogen) atoms. The van der Waals surface area contributed by atoms with Gasteiger partial charge in [-0.2, -0.15) is 5.10 Å². The van der Waals surface area contributed by atoms with Crippen molar-refractivity contribution in [2.75, 3.05) is 13.1 Å². The highest BCUT2D eigenvalue weighted by Gasteiger charge is 2.29. The Morgan fingerprint density at radius 2 is 2.28 bits per heavy atom. The van der Waals surface area contributed by atoms with E-state index in [-0.39, 0.29) is 11.8 Å². The first-order valence-corrected chi connectivity index (χ1v) is 9.34. The number of rotatable bonds is 3. The van der Waals surface area contributed by atoms with Crippen LogP contribution in [0.5, 0.6) is 0 Å². The van der Waals surface area contributed by atoms with Gasteiger partial charge in [-0.3, -0.25) is 9.48 Å². The summed E-state index contributed by atoms with van der Waals surface area (Å²) in [5.41, 5.74) is 2.72. The monoisotopic (exact) mass is 356 g/mol. The summed E-state index contributed by atoms with van der Waals surface area (Å²) < 4.78 is 5.74. The van der Waals surface area contributed by atoms with Gasteiger partial charge in [-0.05, 0) is 42.9 Å². The van der Waals surface area contributed by atoms with E-state index >= 15 is 0 Å². The molecule has 1 amide bonds. The number of carbonyl (C=O) groups is 1. The Hall–Kier alpha value is -2.35. The van der Waals surface area contributed by atoms with E-state index in [1.807, 2.05) is 25.1 Å². The molecule has 130 valence electrons. The molecular weight excluding hydrogens is 336 g/mol. The van der Waals surface area contributed by atoms with Gasteiger partial charge in [0.05, 0.1) is 11.9 Å². The molecule has 1 aliphatic rings. The fourth-order valence-corrected chi connectivity index (χ4v) is 4.13. The van der Waals surface area contributed by atoms with Crippen LogP contribution in [0.15, 0.2) is 18.3 Å². The van der Waals surface area contributed by atoms with Gasteiger partial charge in [0.1, 0.15) is 4.88 Å². The number of hydrogen-bond donors (Lipinski definition) is 0. The molecule has 0 bridgehead atoms. The molecule has 1 saturated heterocycles. The maximum absolute atomic E-state index is 12.9. The number of fused-ring (bicyclic) bond motifs is 1. The van der Waals surface area contributed by atoms with E-state index in [4.69, 9.17) is 4.98 Å². The Balaban J connectivity index is 1.57. The topological polar surface area (TPSA) is 76.8 Å². The number of aromatic nitrogens is 5. The van der Waals surface area contributed by atoms with Crippen LogP contribution in [0.3, 0.4) is 0 Å². The number of pyridine rings is 1. The van der Waals surface area contributed by atoms with Gasteiger partial charge in [-0.1, -0.05) is 11.4 Å². The minimum atomic E-state index is 0.0539. The van der Waals surface area contributed by atoms with E-state index < -0.39 is 0 Å². The van der Waals surface area contributed by atoms with Crippen molar-refractivity contribution < 1.29 is 4.79 Å². The standard InChI is InChI=1S/C17H20N6OS/c1-3-13-15(25-21-20-13)17(24)23-8-4-5-12(10-23)14-7-6-11-9-18-22(2)16(11)19-14/h6-7,9,12H,3-5,8,10H2,1-2H3/t12-/m0/s1. The van der Waals surface area contributed by atoms with Crippen molar-refractivity contribution in [1.82, 2.24) is 29.3 Å². The van der Waals surface area contributed by atoms with Gasteiger partial charge < -0.3 is 4.90 Å². The van der Waals surface area contributed by atoms with E-state index in [9.17, 15) is 4.79 Å². The molecule has 3 aromatic heterocycles. The first-order chi connectivity index (χ1) is 12.2. The molecule has 1 atom stereocenters. The zero-order valence-corrected chi connectivity index (χ0v) is 15.2. The summed E-state index contributed by atoms with van der Waals surface area (Å²) >= 11 is 1.20. The zero-order chi connectivity index (χ0) is 17.4. The second kappa shape index (κ2) is 6.51. The van der Waals surface area contributed by atoms with Gasteiger partial charge in [0, 0.05) is 37.1 Å². The first-order valence-electron chi connectivity index (χ1n) is 8.56.